The fourth-order valence-electron chi connectivity index (χ4n) is 2.12. The number of hydrogen-bond donors (Lipinski definition) is 1. The van der Waals surface area contributed by atoms with Gasteiger partial charge in [-0.25, -0.2) is 0 Å². The maximum Gasteiger partial charge on any atom is 0.265 e. The molecule has 0 unspecified atom stereocenters. The van der Waals surface area contributed by atoms with Crippen LogP contribution in [0.1, 0.15) is 27.2 Å². The Morgan fingerprint density at radius 1 is 1.40 bits per heavy atom. The average Bonchev–Trinajstić information content (AvgIpc) is 2.35. The molecule has 0 radical (unpaired) electrons. The maximum atomic E-state index is 12.0. The van der Waals surface area contributed by atoms with E-state index in [1.165, 1.54) is 0 Å². The first-order valence-electron chi connectivity index (χ1n) is 6.84. The molecule has 1 aliphatic heterocycles. The van der Waals surface area contributed by atoms with Crippen LogP contribution in [0.3, 0.4) is 0 Å². The molecule has 0 fully saturated rings. The van der Waals surface area contributed by atoms with E-state index in [9.17, 15) is 4.79 Å². The van der Waals surface area contributed by atoms with Crippen LogP contribution < -0.4 is 15.0 Å². The van der Waals surface area contributed by atoms with E-state index in [2.05, 4.69) is 26.1 Å². The predicted molar refractivity (Wildman–Crippen MR) is 81.7 cm³/mol. The third kappa shape index (κ3) is 3.87. The van der Waals surface area contributed by atoms with Gasteiger partial charge in [0.25, 0.3) is 5.91 Å². The molecule has 0 aliphatic carbocycles. The average molecular weight is 297 g/mol. The van der Waals surface area contributed by atoms with Gasteiger partial charge in [0.05, 0.1) is 5.69 Å². The van der Waals surface area contributed by atoms with Crippen LogP contribution in [0.25, 0.3) is 0 Å². The normalized spacial score (nSPS) is 15.0. The van der Waals surface area contributed by atoms with Crippen molar-refractivity contribution in [1.82, 2.24) is 5.32 Å². The number of anilines is 1. The number of nitrogens with one attached hydrogen (secondary N) is 1. The molecule has 1 N–H and O–H groups in total. The molecule has 2 rings (SSSR count). The van der Waals surface area contributed by atoms with Crippen molar-refractivity contribution < 1.29 is 9.53 Å². The number of carbonyl (C=O) groups is 1. The molecule has 4 nitrogen and oxygen atoms in total. The van der Waals surface area contributed by atoms with Gasteiger partial charge < -0.3 is 15.0 Å². The van der Waals surface area contributed by atoms with Crippen molar-refractivity contribution in [1.29, 1.82) is 0 Å². The number of carbonyl (C=O) groups excluding carboxylic acids is 1. The lowest BCUT2D eigenvalue weighted by atomic mass is 10.1. The van der Waals surface area contributed by atoms with E-state index in [1.54, 1.807) is 17.0 Å². The van der Waals surface area contributed by atoms with Crippen LogP contribution in [-0.4, -0.2) is 31.1 Å². The third-order valence-electron chi connectivity index (χ3n) is 3.08. The van der Waals surface area contributed by atoms with Gasteiger partial charge in [-0.3, -0.25) is 4.79 Å². The molecule has 0 saturated carbocycles. The summed E-state index contributed by atoms with van der Waals surface area (Å²) >= 11 is 6.00. The number of amides is 1. The summed E-state index contributed by atoms with van der Waals surface area (Å²) in [6, 6.07) is 5.37. The van der Waals surface area contributed by atoms with Crippen LogP contribution in [0.15, 0.2) is 18.2 Å². The molecule has 1 aliphatic rings. The molecule has 5 heteroatoms. The molecule has 20 heavy (non-hydrogen) atoms. The van der Waals surface area contributed by atoms with Crippen LogP contribution >= 0.6 is 11.6 Å². The molecule has 110 valence electrons. The summed E-state index contributed by atoms with van der Waals surface area (Å²) in [7, 11) is 0. The zero-order valence-corrected chi connectivity index (χ0v) is 13.0. The van der Waals surface area contributed by atoms with E-state index in [0.29, 0.717) is 11.6 Å². The topological polar surface area (TPSA) is 41.6 Å². The van der Waals surface area contributed by atoms with Gasteiger partial charge in [-0.2, -0.15) is 0 Å². The number of halogens is 1. The molecule has 0 bridgehead atoms. The summed E-state index contributed by atoms with van der Waals surface area (Å²) in [4.78, 5) is 13.8. The Morgan fingerprint density at radius 2 is 2.15 bits per heavy atom. The monoisotopic (exact) mass is 296 g/mol. The zero-order chi connectivity index (χ0) is 14.8. The highest BCUT2D eigenvalue weighted by atomic mass is 35.5. The highest BCUT2D eigenvalue weighted by Gasteiger charge is 2.25. The van der Waals surface area contributed by atoms with Crippen molar-refractivity contribution in [3.05, 3.63) is 23.2 Å². The van der Waals surface area contributed by atoms with Gasteiger partial charge in [0.1, 0.15) is 5.75 Å². The van der Waals surface area contributed by atoms with Gasteiger partial charge >= 0.3 is 0 Å². The smallest absolute Gasteiger partial charge is 0.265 e. The van der Waals surface area contributed by atoms with Crippen molar-refractivity contribution in [2.75, 3.05) is 24.6 Å². The van der Waals surface area contributed by atoms with E-state index in [0.717, 1.165) is 24.4 Å². The molecule has 0 aromatic heterocycles. The highest BCUT2D eigenvalue weighted by molar-refractivity contribution is 6.31. The van der Waals surface area contributed by atoms with Gasteiger partial charge in [0.2, 0.25) is 0 Å². The summed E-state index contributed by atoms with van der Waals surface area (Å²) in [5.74, 6) is 0.702. The van der Waals surface area contributed by atoms with Crippen LogP contribution in [-0.2, 0) is 4.79 Å². The molecular weight excluding hydrogens is 276 g/mol. The molecule has 1 aromatic carbocycles. The number of hydrogen-bond acceptors (Lipinski definition) is 3. The number of benzene rings is 1. The number of ether oxygens (including phenoxy) is 1. The quantitative estimate of drug-likeness (QED) is 0.869. The van der Waals surface area contributed by atoms with E-state index >= 15 is 0 Å². The third-order valence-corrected chi connectivity index (χ3v) is 3.31. The van der Waals surface area contributed by atoms with Crippen LogP contribution in [0.4, 0.5) is 5.69 Å². The minimum Gasteiger partial charge on any atom is -0.482 e. The molecule has 1 aromatic rings. The minimum absolute atomic E-state index is 0.0180. The van der Waals surface area contributed by atoms with E-state index in [-0.39, 0.29) is 18.1 Å². The summed E-state index contributed by atoms with van der Waals surface area (Å²) in [6.45, 7) is 8.01. The van der Waals surface area contributed by atoms with Gasteiger partial charge in [-0.05, 0) is 51.9 Å². The SMILES string of the molecule is CC(C)(C)NCCCN1C(=O)COc2ccc(Cl)cc21. The van der Waals surface area contributed by atoms with Crippen molar-refractivity contribution in [3.63, 3.8) is 0 Å². The van der Waals surface area contributed by atoms with Crippen LogP contribution in [0.2, 0.25) is 5.02 Å². The first kappa shape index (κ1) is 15.1. The Balaban J connectivity index is 2.01. The summed E-state index contributed by atoms with van der Waals surface area (Å²) in [6.07, 6.45) is 0.884. The lowest BCUT2D eigenvalue weighted by Crippen LogP contribution is -2.42. The molecule has 1 heterocycles. The molecule has 1 amide bonds. The number of nitrogens with zero attached hydrogens (tertiary/aromatic N) is 1. The van der Waals surface area contributed by atoms with Gasteiger partial charge in [0, 0.05) is 17.1 Å². The summed E-state index contributed by atoms with van der Waals surface area (Å²) in [5, 5.41) is 4.03. The zero-order valence-electron chi connectivity index (χ0n) is 12.2. The van der Waals surface area contributed by atoms with Crippen molar-refractivity contribution in [2.24, 2.45) is 0 Å². The molecule has 0 spiro atoms. The van der Waals surface area contributed by atoms with E-state index in [4.69, 9.17) is 16.3 Å². The van der Waals surface area contributed by atoms with Crippen LogP contribution in [0.5, 0.6) is 5.75 Å². The van der Waals surface area contributed by atoms with Crippen molar-refractivity contribution in [3.8, 4) is 5.75 Å². The van der Waals surface area contributed by atoms with E-state index < -0.39 is 0 Å². The lowest BCUT2D eigenvalue weighted by Gasteiger charge is -2.30. The number of fused-ring (bicyclic) bond motifs is 1. The Hall–Kier alpha value is -1.26. The fraction of sp³-hybridized carbons (Fsp3) is 0.533. The number of rotatable bonds is 4. The van der Waals surface area contributed by atoms with Crippen LogP contribution in [0, 0.1) is 0 Å². The first-order valence-corrected chi connectivity index (χ1v) is 7.22. The Labute approximate surface area is 125 Å². The lowest BCUT2D eigenvalue weighted by molar-refractivity contribution is -0.121. The fourth-order valence-corrected chi connectivity index (χ4v) is 2.29. The summed E-state index contributed by atoms with van der Waals surface area (Å²) < 4.78 is 5.42. The maximum absolute atomic E-state index is 12.0. The second kappa shape index (κ2) is 6.02. The Bertz CT molecular complexity index is 497. The highest BCUT2D eigenvalue weighted by Crippen LogP contribution is 2.34. The Morgan fingerprint density at radius 3 is 2.85 bits per heavy atom. The van der Waals surface area contributed by atoms with E-state index in [1.807, 2.05) is 6.07 Å². The standard InChI is InChI=1S/C15H21ClN2O2/c1-15(2,3)17-7-4-8-18-12-9-11(16)5-6-13(12)20-10-14(18)19/h5-6,9,17H,4,7-8,10H2,1-3H3. The second-order valence-electron chi connectivity index (χ2n) is 5.98. The second-order valence-corrected chi connectivity index (χ2v) is 6.41. The Kier molecular flexibility index (Phi) is 4.55. The van der Waals surface area contributed by atoms with Crippen molar-refractivity contribution >= 4 is 23.2 Å². The van der Waals surface area contributed by atoms with Gasteiger partial charge in [0.15, 0.2) is 6.61 Å². The minimum atomic E-state index is -0.0180. The van der Waals surface area contributed by atoms with Crippen molar-refractivity contribution in [2.45, 2.75) is 32.7 Å². The first-order chi connectivity index (χ1) is 9.37. The molecule has 0 atom stereocenters. The van der Waals surface area contributed by atoms with Gasteiger partial charge in [-0.1, -0.05) is 11.6 Å². The molecule has 0 saturated heterocycles. The largest absolute Gasteiger partial charge is 0.482 e. The molecular formula is C15H21ClN2O2. The van der Waals surface area contributed by atoms with Gasteiger partial charge in [-0.15, -0.1) is 0 Å². The predicted octanol–water partition coefficient (Wildman–Crippen LogP) is 2.84. The summed E-state index contributed by atoms with van der Waals surface area (Å²) in [5.41, 5.74) is 0.862.